The van der Waals surface area contributed by atoms with E-state index in [9.17, 15) is 18.0 Å². The number of primary amides is 1. The second-order valence-electron chi connectivity index (χ2n) is 5.15. The molecule has 3 aromatic carbocycles. The molecule has 0 aliphatic carbocycles. The maximum Gasteiger partial charge on any atom is 0.417 e. The van der Waals surface area contributed by atoms with Crippen LogP contribution in [0.25, 0.3) is 21.9 Å². The summed E-state index contributed by atoms with van der Waals surface area (Å²) < 4.78 is 39.9. The third-order valence-corrected chi connectivity index (χ3v) is 3.67. The number of nitrogens with two attached hydrogens (primary N) is 1. The summed E-state index contributed by atoms with van der Waals surface area (Å²) in [4.78, 5) is 11.5. The zero-order chi connectivity index (χ0) is 16.6. The number of rotatable bonds is 2. The van der Waals surface area contributed by atoms with Gasteiger partial charge >= 0.3 is 6.18 Å². The van der Waals surface area contributed by atoms with Crippen LogP contribution in [0.5, 0.6) is 0 Å². The minimum Gasteiger partial charge on any atom is -0.366 e. The van der Waals surface area contributed by atoms with Crippen LogP contribution in [0.3, 0.4) is 0 Å². The Bertz CT molecular complexity index is 900. The van der Waals surface area contributed by atoms with E-state index in [-0.39, 0.29) is 11.1 Å². The molecule has 23 heavy (non-hydrogen) atoms. The Labute approximate surface area is 130 Å². The van der Waals surface area contributed by atoms with Gasteiger partial charge in [-0.1, -0.05) is 42.5 Å². The topological polar surface area (TPSA) is 43.1 Å². The van der Waals surface area contributed by atoms with Crippen molar-refractivity contribution in [3.05, 3.63) is 71.8 Å². The summed E-state index contributed by atoms with van der Waals surface area (Å²) in [5.74, 6) is -0.679. The molecule has 3 rings (SSSR count). The molecule has 0 heterocycles. The number of hydrogen-bond donors (Lipinski definition) is 1. The normalized spacial score (nSPS) is 11.6. The maximum absolute atomic E-state index is 13.3. The summed E-state index contributed by atoms with van der Waals surface area (Å²) in [6, 6.07) is 15.3. The fraction of sp³-hybridized carbons (Fsp3) is 0.0556. The van der Waals surface area contributed by atoms with Gasteiger partial charge in [0.25, 0.3) is 0 Å². The highest BCUT2D eigenvalue weighted by Crippen LogP contribution is 2.39. The molecule has 0 saturated heterocycles. The van der Waals surface area contributed by atoms with Gasteiger partial charge in [-0.15, -0.1) is 0 Å². The monoisotopic (exact) mass is 315 g/mol. The van der Waals surface area contributed by atoms with Gasteiger partial charge in [-0.25, -0.2) is 0 Å². The average Bonchev–Trinajstić information content (AvgIpc) is 2.53. The van der Waals surface area contributed by atoms with Gasteiger partial charge in [-0.2, -0.15) is 13.2 Å². The standard InChI is InChI=1S/C18H12F3NO/c19-18(20,21)16-8-4-3-7-14(16)15-10-12(17(22)23)9-11-5-1-2-6-13(11)15/h1-10H,(H2,22,23). The number of alkyl halides is 3. The lowest BCUT2D eigenvalue weighted by Gasteiger charge is -2.15. The predicted octanol–water partition coefficient (Wildman–Crippen LogP) is 4.62. The van der Waals surface area contributed by atoms with Gasteiger partial charge < -0.3 is 5.73 Å². The number of halogens is 3. The minimum atomic E-state index is -4.49. The van der Waals surface area contributed by atoms with Crippen molar-refractivity contribution in [2.24, 2.45) is 5.73 Å². The first-order valence-electron chi connectivity index (χ1n) is 6.87. The molecule has 0 atom stereocenters. The molecule has 0 aliphatic rings. The van der Waals surface area contributed by atoms with E-state index in [1.807, 2.05) is 0 Å². The zero-order valence-corrected chi connectivity index (χ0v) is 11.9. The second-order valence-corrected chi connectivity index (χ2v) is 5.15. The van der Waals surface area contributed by atoms with E-state index >= 15 is 0 Å². The fourth-order valence-electron chi connectivity index (χ4n) is 2.64. The SMILES string of the molecule is NC(=O)c1cc(-c2ccccc2C(F)(F)F)c2ccccc2c1. The number of benzene rings is 3. The van der Waals surface area contributed by atoms with Crippen LogP contribution in [0.2, 0.25) is 0 Å². The molecule has 0 saturated carbocycles. The van der Waals surface area contributed by atoms with Crippen molar-refractivity contribution >= 4 is 16.7 Å². The van der Waals surface area contributed by atoms with Gasteiger partial charge in [0.05, 0.1) is 5.56 Å². The highest BCUT2D eigenvalue weighted by molar-refractivity contribution is 6.04. The Morgan fingerprint density at radius 2 is 1.52 bits per heavy atom. The van der Waals surface area contributed by atoms with Crippen LogP contribution in [-0.2, 0) is 6.18 Å². The molecule has 116 valence electrons. The van der Waals surface area contributed by atoms with E-state index in [2.05, 4.69) is 0 Å². The van der Waals surface area contributed by atoms with Crippen molar-refractivity contribution in [3.63, 3.8) is 0 Å². The third-order valence-electron chi connectivity index (χ3n) is 3.67. The van der Waals surface area contributed by atoms with E-state index in [0.717, 1.165) is 6.07 Å². The Hall–Kier alpha value is -2.82. The molecule has 2 nitrogen and oxygen atoms in total. The van der Waals surface area contributed by atoms with Crippen molar-refractivity contribution in [1.29, 1.82) is 0 Å². The van der Waals surface area contributed by atoms with Crippen LogP contribution in [0, 0.1) is 0 Å². The van der Waals surface area contributed by atoms with Crippen molar-refractivity contribution in [2.75, 3.05) is 0 Å². The quantitative estimate of drug-likeness (QED) is 0.736. The molecule has 3 aromatic rings. The summed E-state index contributed by atoms with van der Waals surface area (Å²) in [7, 11) is 0. The molecular formula is C18H12F3NO. The van der Waals surface area contributed by atoms with E-state index in [1.54, 1.807) is 30.3 Å². The fourth-order valence-corrected chi connectivity index (χ4v) is 2.64. The molecule has 0 bridgehead atoms. The van der Waals surface area contributed by atoms with Crippen LogP contribution in [0.1, 0.15) is 15.9 Å². The summed E-state index contributed by atoms with van der Waals surface area (Å²) >= 11 is 0. The van der Waals surface area contributed by atoms with Crippen LogP contribution in [0.15, 0.2) is 60.7 Å². The molecule has 0 unspecified atom stereocenters. The lowest BCUT2D eigenvalue weighted by molar-refractivity contribution is -0.137. The Kier molecular flexibility index (Phi) is 3.56. The Morgan fingerprint density at radius 1 is 0.870 bits per heavy atom. The first-order chi connectivity index (χ1) is 10.9. The number of fused-ring (bicyclic) bond motifs is 1. The largest absolute Gasteiger partial charge is 0.417 e. The summed E-state index contributed by atoms with van der Waals surface area (Å²) in [5.41, 5.74) is 5.11. The van der Waals surface area contributed by atoms with Crippen LogP contribution >= 0.6 is 0 Å². The van der Waals surface area contributed by atoms with Crippen LogP contribution in [0.4, 0.5) is 13.2 Å². The zero-order valence-electron chi connectivity index (χ0n) is 11.9. The van der Waals surface area contributed by atoms with E-state index in [0.29, 0.717) is 16.3 Å². The average molecular weight is 315 g/mol. The second kappa shape index (κ2) is 5.43. The van der Waals surface area contributed by atoms with E-state index in [4.69, 9.17) is 5.73 Å². The smallest absolute Gasteiger partial charge is 0.366 e. The van der Waals surface area contributed by atoms with E-state index in [1.165, 1.54) is 24.3 Å². The molecule has 2 N–H and O–H groups in total. The molecular weight excluding hydrogens is 303 g/mol. The van der Waals surface area contributed by atoms with Gasteiger partial charge in [0.15, 0.2) is 0 Å². The highest BCUT2D eigenvalue weighted by atomic mass is 19.4. The summed E-state index contributed by atoms with van der Waals surface area (Å²) in [6.45, 7) is 0. The van der Waals surface area contributed by atoms with Gasteiger partial charge in [0.1, 0.15) is 0 Å². The maximum atomic E-state index is 13.3. The van der Waals surface area contributed by atoms with Crippen molar-refractivity contribution in [1.82, 2.24) is 0 Å². The highest BCUT2D eigenvalue weighted by Gasteiger charge is 2.33. The Morgan fingerprint density at radius 3 is 2.22 bits per heavy atom. The summed E-state index contributed by atoms with van der Waals surface area (Å²) in [6.07, 6.45) is -4.49. The number of carbonyl (C=O) groups excluding carboxylic acids is 1. The number of amides is 1. The molecule has 0 fully saturated rings. The van der Waals surface area contributed by atoms with Crippen LogP contribution in [-0.4, -0.2) is 5.91 Å². The lowest BCUT2D eigenvalue weighted by Crippen LogP contribution is -2.11. The molecule has 0 aromatic heterocycles. The number of hydrogen-bond acceptors (Lipinski definition) is 1. The third kappa shape index (κ3) is 2.77. The molecule has 0 radical (unpaired) electrons. The molecule has 5 heteroatoms. The lowest BCUT2D eigenvalue weighted by atomic mass is 9.92. The van der Waals surface area contributed by atoms with Crippen molar-refractivity contribution < 1.29 is 18.0 Å². The van der Waals surface area contributed by atoms with Crippen LogP contribution < -0.4 is 5.73 Å². The summed E-state index contributed by atoms with van der Waals surface area (Å²) in [5, 5.41) is 1.30. The molecule has 0 aliphatic heterocycles. The Balaban J connectivity index is 2.39. The van der Waals surface area contributed by atoms with Gasteiger partial charge in [0, 0.05) is 5.56 Å². The van der Waals surface area contributed by atoms with Gasteiger partial charge in [-0.3, -0.25) is 4.79 Å². The number of carbonyl (C=O) groups is 1. The molecule has 0 spiro atoms. The van der Waals surface area contributed by atoms with Crippen molar-refractivity contribution in [3.8, 4) is 11.1 Å². The van der Waals surface area contributed by atoms with Crippen molar-refractivity contribution in [2.45, 2.75) is 6.18 Å². The van der Waals surface area contributed by atoms with Gasteiger partial charge in [-0.05, 0) is 40.1 Å². The van der Waals surface area contributed by atoms with Gasteiger partial charge in [0.2, 0.25) is 5.91 Å². The first-order valence-corrected chi connectivity index (χ1v) is 6.87. The predicted molar refractivity (Wildman–Crippen MR) is 82.9 cm³/mol. The first kappa shape index (κ1) is 15.1. The molecule has 1 amide bonds. The minimum absolute atomic E-state index is 0.0271. The van der Waals surface area contributed by atoms with E-state index < -0.39 is 17.6 Å².